The summed E-state index contributed by atoms with van der Waals surface area (Å²) >= 11 is 13.5. The summed E-state index contributed by atoms with van der Waals surface area (Å²) in [7, 11) is 1.82. The van der Waals surface area contributed by atoms with Crippen LogP contribution in [0.25, 0.3) is 0 Å². The average Bonchev–Trinajstić information content (AvgIpc) is 2.62. The van der Waals surface area contributed by atoms with Crippen molar-refractivity contribution >= 4 is 40.9 Å². The molecule has 0 atom stereocenters. The molecule has 0 bridgehead atoms. The van der Waals surface area contributed by atoms with Crippen LogP contribution in [-0.4, -0.2) is 14.8 Å². The quantitative estimate of drug-likeness (QED) is 0.882. The van der Waals surface area contributed by atoms with E-state index in [1.165, 1.54) is 11.8 Å². The molecule has 0 spiro atoms. The number of anilines is 1. The third kappa shape index (κ3) is 2.86. The van der Waals surface area contributed by atoms with E-state index in [-0.39, 0.29) is 0 Å². The van der Waals surface area contributed by atoms with Gasteiger partial charge in [-0.15, -0.1) is 10.2 Å². The lowest BCUT2D eigenvalue weighted by atomic mass is 10.2. The van der Waals surface area contributed by atoms with Crippen LogP contribution in [0, 0.1) is 0 Å². The highest BCUT2D eigenvalue weighted by atomic mass is 35.5. The normalized spacial score (nSPS) is 10.8. The molecule has 0 unspecified atom stereocenters. The van der Waals surface area contributed by atoms with Crippen molar-refractivity contribution in [3.63, 3.8) is 0 Å². The van der Waals surface area contributed by atoms with Crippen LogP contribution in [0.4, 0.5) is 5.95 Å². The van der Waals surface area contributed by atoms with E-state index in [4.69, 9.17) is 28.9 Å². The average molecular weight is 289 g/mol. The van der Waals surface area contributed by atoms with E-state index in [0.717, 1.165) is 10.7 Å². The van der Waals surface area contributed by atoms with E-state index in [9.17, 15) is 0 Å². The summed E-state index contributed by atoms with van der Waals surface area (Å²) in [6.45, 7) is 0. The fourth-order valence-corrected chi connectivity index (χ4v) is 2.62. The van der Waals surface area contributed by atoms with Gasteiger partial charge in [0.1, 0.15) is 0 Å². The van der Waals surface area contributed by atoms with Gasteiger partial charge >= 0.3 is 0 Å². The second-order valence-electron chi connectivity index (χ2n) is 3.42. The molecule has 1 heterocycles. The Hall–Kier alpha value is -0.910. The lowest BCUT2D eigenvalue weighted by Gasteiger charge is -2.04. The molecule has 1 aromatic heterocycles. The molecule has 0 aliphatic heterocycles. The number of thioether (sulfide) groups is 1. The van der Waals surface area contributed by atoms with Crippen molar-refractivity contribution in [1.29, 1.82) is 0 Å². The maximum absolute atomic E-state index is 6.07. The van der Waals surface area contributed by atoms with Gasteiger partial charge < -0.3 is 5.73 Å². The summed E-state index contributed by atoms with van der Waals surface area (Å²) in [5.74, 6) is 1.07. The van der Waals surface area contributed by atoms with Gasteiger partial charge in [0.15, 0.2) is 5.16 Å². The zero-order valence-corrected chi connectivity index (χ0v) is 11.4. The minimum Gasteiger partial charge on any atom is -0.368 e. The molecule has 2 aromatic rings. The topological polar surface area (TPSA) is 56.7 Å². The Bertz CT molecular complexity index is 541. The maximum atomic E-state index is 6.07. The molecule has 0 saturated heterocycles. The van der Waals surface area contributed by atoms with Crippen LogP contribution in [0.2, 0.25) is 10.0 Å². The zero-order chi connectivity index (χ0) is 12.4. The first-order valence-electron chi connectivity index (χ1n) is 4.79. The number of nitrogens with two attached hydrogens (primary N) is 1. The van der Waals surface area contributed by atoms with E-state index >= 15 is 0 Å². The third-order valence-electron chi connectivity index (χ3n) is 2.23. The minimum atomic E-state index is 0.393. The molecule has 2 rings (SSSR count). The van der Waals surface area contributed by atoms with E-state index in [0.29, 0.717) is 21.7 Å². The van der Waals surface area contributed by atoms with Crippen molar-refractivity contribution in [2.75, 3.05) is 5.73 Å². The monoisotopic (exact) mass is 288 g/mol. The van der Waals surface area contributed by atoms with Gasteiger partial charge in [-0.05, 0) is 23.8 Å². The number of benzene rings is 1. The predicted octanol–water partition coefficient (Wildman–Crippen LogP) is 3.00. The number of nitrogen functional groups attached to an aromatic ring is 1. The molecular formula is C10H10Cl2N4S. The number of hydrogen-bond donors (Lipinski definition) is 1. The van der Waals surface area contributed by atoms with Crippen molar-refractivity contribution in [3.8, 4) is 0 Å². The van der Waals surface area contributed by atoms with Gasteiger partial charge in [-0.2, -0.15) is 0 Å². The van der Waals surface area contributed by atoms with Crippen molar-refractivity contribution < 1.29 is 0 Å². The smallest absolute Gasteiger partial charge is 0.222 e. The molecule has 4 nitrogen and oxygen atoms in total. The Morgan fingerprint density at radius 2 is 2.12 bits per heavy atom. The van der Waals surface area contributed by atoms with Crippen LogP contribution in [0.1, 0.15) is 5.56 Å². The summed E-state index contributed by atoms with van der Waals surface area (Å²) in [5, 5.41) is 9.85. The molecular weight excluding hydrogens is 279 g/mol. The molecule has 0 amide bonds. The molecule has 0 fully saturated rings. The van der Waals surface area contributed by atoms with E-state index in [2.05, 4.69) is 10.2 Å². The van der Waals surface area contributed by atoms with Crippen molar-refractivity contribution in [3.05, 3.63) is 33.8 Å². The third-order valence-corrected chi connectivity index (χ3v) is 3.91. The minimum absolute atomic E-state index is 0.393. The Morgan fingerprint density at radius 3 is 2.76 bits per heavy atom. The molecule has 7 heteroatoms. The Kier molecular flexibility index (Phi) is 3.81. The van der Waals surface area contributed by atoms with Crippen LogP contribution >= 0.6 is 35.0 Å². The van der Waals surface area contributed by atoms with Crippen molar-refractivity contribution in [1.82, 2.24) is 14.8 Å². The lowest BCUT2D eigenvalue weighted by Crippen LogP contribution is -1.98. The van der Waals surface area contributed by atoms with Crippen molar-refractivity contribution in [2.24, 2.45) is 7.05 Å². The highest BCUT2D eigenvalue weighted by molar-refractivity contribution is 7.98. The van der Waals surface area contributed by atoms with Gasteiger partial charge in [0, 0.05) is 22.8 Å². The summed E-state index contributed by atoms with van der Waals surface area (Å²) in [4.78, 5) is 0. The van der Waals surface area contributed by atoms with Gasteiger partial charge in [-0.1, -0.05) is 35.0 Å². The van der Waals surface area contributed by atoms with Gasteiger partial charge in [0.2, 0.25) is 5.95 Å². The van der Waals surface area contributed by atoms with Gasteiger partial charge in [-0.3, -0.25) is 4.57 Å². The molecule has 0 aliphatic carbocycles. The van der Waals surface area contributed by atoms with Crippen LogP contribution in [0.3, 0.4) is 0 Å². The first-order valence-corrected chi connectivity index (χ1v) is 6.53. The standard InChI is InChI=1S/C10H10Cl2N4S/c1-16-9(13)14-15-10(16)17-5-6-4-7(11)2-3-8(6)12/h2-4H,5H2,1H3,(H2,13,14). The Labute approximate surface area is 113 Å². The molecule has 0 aliphatic rings. The van der Waals surface area contributed by atoms with Crippen LogP contribution in [0.5, 0.6) is 0 Å². The maximum Gasteiger partial charge on any atom is 0.222 e. The number of aromatic nitrogens is 3. The highest BCUT2D eigenvalue weighted by Gasteiger charge is 2.08. The zero-order valence-electron chi connectivity index (χ0n) is 9.02. The fourth-order valence-electron chi connectivity index (χ4n) is 1.25. The second kappa shape index (κ2) is 5.16. The number of nitrogens with zero attached hydrogens (tertiary/aromatic N) is 3. The summed E-state index contributed by atoms with van der Waals surface area (Å²) < 4.78 is 1.73. The first-order chi connectivity index (χ1) is 8.08. The SMILES string of the molecule is Cn1c(N)nnc1SCc1cc(Cl)ccc1Cl. The number of rotatable bonds is 3. The highest BCUT2D eigenvalue weighted by Crippen LogP contribution is 2.27. The van der Waals surface area contributed by atoms with Crippen molar-refractivity contribution in [2.45, 2.75) is 10.9 Å². The van der Waals surface area contributed by atoms with Crippen LogP contribution < -0.4 is 5.73 Å². The molecule has 2 N–H and O–H groups in total. The Morgan fingerprint density at radius 1 is 1.35 bits per heavy atom. The molecule has 17 heavy (non-hydrogen) atoms. The molecule has 0 radical (unpaired) electrons. The molecule has 0 saturated carbocycles. The van der Waals surface area contributed by atoms with Gasteiger partial charge in [0.25, 0.3) is 0 Å². The fraction of sp³-hybridized carbons (Fsp3) is 0.200. The Balaban J connectivity index is 2.12. The number of halogens is 2. The first kappa shape index (κ1) is 12.5. The summed E-state index contributed by atoms with van der Waals surface area (Å²) in [5.41, 5.74) is 6.56. The molecule has 1 aromatic carbocycles. The van der Waals surface area contributed by atoms with Gasteiger partial charge in [0.05, 0.1) is 0 Å². The van der Waals surface area contributed by atoms with E-state index in [1.54, 1.807) is 16.7 Å². The summed E-state index contributed by atoms with van der Waals surface area (Å²) in [6.07, 6.45) is 0. The lowest BCUT2D eigenvalue weighted by molar-refractivity contribution is 0.796. The second-order valence-corrected chi connectivity index (χ2v) is 5.21. The summed E-state index contributed by atoms with van der Waals surface area (Å²) in [6, 6.07) is 5.39. The van der Waals surface area contributed by atoms with Crippen LogP contribution in [-0.2, 0) is 12.8 Å². The molecule has 90 valence electrons. The van der Waals surface area contributed by atoms with Crippen LogP contribution in [0.15, 0.2) is 23.4 Å². The van der Waals surface area contributed by atoms with E-state index < -0.39 is 0 Å². The number of hydrogen-bond acceptors (Lipinski definition) is 4. The predicted molar refractivity (Wildman–Crippen MR) is 71.4 cm³/mol. The van der Waals surface area contributed by atoms with Gasteiger partial charge in [-0.25, -0.2) is 0 Å². The largest absolute Gasteiger partial charge is 0.368 e. The van der Waals surface area contributed by atoms with E-state index in [1.807, 2.05) is 13.1 Å².